The predicted molar refractivity (Wildman–Crippen MR) is 105 cm³/mol. The number of amides is 1. The molecular weight excluding hydrogens is 346 g/mol. The first-order chi connectivity index (χ1) is 12.5. The van der Waals surface area contributed by atoms with E-state index in [2.05, 4.69) is 17.2 Å². The third kappa shape index (κ3) is 3.17. The molecule has 1 aliphatic rings. The monoisotopic (exact) mass is 367 g/mol. The maximum absolute atomic E-state index is 12.9. The van der Waals surface area contributed by atoms with Crippen molar-refractivity contribution >= 4 is 33.1 Å². The topological polar surface area (TPSA) is 64.0 Å². The van der Waals surface area contributed by atoms with Crippen LogP contribution in [0.3, 0.4) is 0 Å². The van der Waals surface area contributed by atoms with E-state index in [0.29, 0.717) is 11.3 Å². The molecule has 1 aliphatic carbocycles. The van der Waals surface area contributed by atoms with E-state index in [0.717, 1.165) is 40.9 Å². The molecule has 1 aromatic carbocycles. The van der Waals surface area contributed by atoms with Gasteiger partial charge in [-0.05, 0) is 55.4 Å². The van der Waals surface area contributed by atoms with Crippen LogP contribution in [-0.4, -0.2) is 15.5 Å². The average Bonchev–Trinajstić information content (AvgIpc) is 2.95. The van der Waals surface area contributed by atoms with Crippen LogP contribution < -0.4 is 10.9 Å². The van der Waals surface area contributed by atoms with Gasteiger partial charge in [-0.1, -0.05) is 19.1 Å². The first-order valence-corrected chi connectivity index (χ1v) is 9.69. The molecule has 0 bridgehead atoms. The van der Waals surface area contributed by atoms with Crippen molar-refractivity contribution in [1.82, 2.24) is 9.55 Å². The lowest BCUT2D eigenvalue weighted by molar-refractivity contribution is -0.116. The molecule has 5 nitrogen and oxygen atoms in total. The van der Waals surface area contributed by atoms with E-state index in [1.165, 1.54) is 15.8 Å². The number of hydrogen-bond acceptors (Lipinski definition) is 4. The SMILES string of the molecule is Cc1cccc(NC(=O)Cn2cnc3sc4c(c3c2=O)CCC(C)C4)c1. The second-order valence-electron chi connectivity index (χ2n) is 7.13. The van der Waals surface area contributed by atoms with Crippen LogP contribution in [-0.2, 0) is 24.2 Å². The number of fused-ring (bicyclic) bond motifs is 3. The lowest BCUT2D eigenvalue weighted by Gasteiger charge is -2.17. The number of carbonyl (C=O) groups excluding carboxylic acids is 1. The molecule has 0 fully saturated rings. The minimum atomic E-state index is -0.225. The molecule has 26 heavy (non-hydrogen) atoms. The molecule has 134 valence electrons. The van der Waals surface area contributed by atoms with E-state index in [4.69, 9.17) is 0 Å². The number of carbonyl (C=O) groups is 1. The maximum atomic E-state index is 12.9. The summed E-state index contributed by atoms with van der Waals surface area (Å²) in [4.78, 5) is 31.8. The second-order valence-corrected chi connectivity index (χ2v) is 8.21. The van der Waals surface area contributed by atoms with Crippen LogP contribution in [0.1, 0.15) is 29.3 Å². The van der Waals surface area contributed by atoms with E-state index < -0.39 is 0 Å². The van der Waals surface area contributed by atoms with Gasteiger partial charge >= 0.3 is 0 Å². The number of thiophene rings is 1. The van der Waals surface area contributed by atoms with E-state index in [9.17, 15) is 9.59 Å². The summed E-state index contributed by atoms with van der Waals surface area (Å²) in [5.74, 6) is 0.425. The summed E-state index contributed by atoms with van der Waals surface area (Å²) in [6, 6.07) is 7.60. The Hall–Kier alpha value is -2.47. The Morgan fingerprint density at radius 3 is 3.08 bits per heavy atom. The molecule has 1 atom stereocenters. The molecule has 1 unspecified atom stereocenters. The van der Waals surface area contributed by atoms with Crippen molar-refractivity contribution in [3.05, 3.63) is 57.0 Å². The largest absolute Gasteiger partial charge is 0.325 e. The summed E-state index contributed by atoms with van der Waals surface area (Å²) in [6.07, 6.45) is 4.53. The molecule has 0 aliphatic heterocycles. The van der Waals surface area contributed by atoms with E-state index in [-0.39, 0.29) is 18.0 Å². The van der Waals surface area contributed by atoms with Crippen LogP contribution >= 0.6 is 11.3 Å². The molecule has 0 spiro atoms. The lowest BCUT2D eigenvalue weighted by Crippen LogP contribution is -2.28. The molecule has 0 radical (unpaired) electrons. The van der Waals surface area contributed by atoms with Crippen molar-refractivity contribution in [3.8, 4) is 0 Å². The lowest BCUT2D eigenvalue weighted by atomic mass is 9.89. The summed E-state index contributed by atoms with van der Waals surface area (Å²) in [6.45, 7) is 4.18. The van der Waals surface area contributed by atoms with Crippen molar-refractivity contribution in [2.45, 2.75) is 39.7 Å². The van der Waals surface area contributed by atoms with Crippen molar-refractivity contribution in [2.24, 2.45) is 5.92 Å². The fraction of sp³-hybridized carbons (Fsp3) is 0.350. The summed E-state index contributed by atoms with van der Waals surface area (Å²) < 4.78 is 1.42. The van der Waals surface area contributed by atoms with Crippen LogP contribution in [0, 0.1) is 12.8 Å². The van der Waals surface area contributed by atoms with Crippen LogP contribution in [0.2, 0.25) is 0 Å². The Kier molecular flexibility index (Phi) is 4.36. The number of anilines is 1. The zero-order valence-electron chi connectivity index (χ0n) is 14.9. The van der Waals surface area contributed by atoms with Crippen molar-refractivity contribution in [3.63, 3.8) is 0 Å². The van der Waals surface area contributed by atoms with Crippen LogP contribution in [0.15, 0.2) is 35.4 Å². The fourth-order valence-electron chi connectivity index (χ4n) is 3.56. The highest BCUT2D eigenvalue weighted by Gasteiger charge is 2.23. The van der Waals surface area contributed by atoms with Gasteiger partial charge in [-0.3, -0.25) is 14.2 Å². The highest BCUT2D eigenvalue weighted by atomic mass is 32.1. The average molecular weight is 367 g/mol. The quantitative estimate of drug-likeness (QED) is 0.770. The minimum absolute atomic E-state index is 0.0310. The van der Waals surface area contributed by atoms with Gasteiger partial charge in [0.1, 0.15) is 11.4 Å². The van der Waals surface area contributed by atoms with E-state index in [1.54, 1.807) is 11.3 Å². The van der Waals surface area contributed by atoms with Gasteiger partial charge in [-0.25, -0.2) is 4.98 Å². The number of hydrogen-bond donors (Lipinski definition) is 1. The number of aryl methyl sites for hydroxylation is 2. The molecule has 2 aromatic heterocycles. The highest BCUT2D eigenvalue weighted by molar-refractivity contribution is 7.18. The van der Waals surface area contributed by atoms with Crippen molar-refractivity contribution in [1.29, 1.82) is 0 Å². The molecule has 3 aromatic rings. The van der Waals surface area contributed by atoms with Gasteiger partial charge in [0.05, 0.1) is 11.7 Å². The molecule has 1 N–H and O–H groups in total. The normalized spacial score (nSPS) is 16.5. The highest BCUT2D eigenvalue weighted by Crippen LogP contribution is 2.35. The Balaban J connectivity index is 1.62. The third-order valence-corrected chi connectivity index (χ3v) is 6.06. The van der Waals surface area contributed by atoms with E-state index in [1.807, 2.05) is 31.2 Å². The molecule has 1 amide bonds. The first kappa shape index (κ1) is 17.0. The van der Waals surface area contributed by atoms with Crippen LogP contribution in [0.25, 0.3) is 10.2 Å². The molecule has 0 saturated carbocycles. The van der Waals surface area contributed by atoms with Gasteiger partial charge in [-0.2, -0.15) is 0 Å². The van der Waals surface area contributed by atoms with Crippen LogP contribution in [0.5, 0.6) is 0 Å². The van der Waals surface area contributed by atoms with Gasteiger partial charge in [0, 0.05) is 10.6 Å². The standard InChI is InChI=1S/C20H21N3O2S/c1-12-4-3-5-14(8-12)22-17(24)10-23-11-21-19-18(20(23)25)15-7-6-13(2)9-16(15)26-19/h3-5,8,11,13H,6-7,9-10H2,1-2H3,(H,22,24). The molecule has 2 heterocycles. The molecule has 4 rings (SSSR count). The smallest absolute Gasteiger partial charge is 0.262 e. The number of nitrogens with zero attached hydrogens (tertiary/aromatic N) is 2. The Labute approximate surface area is 155 Å². The molecule has 0 saturated heterocycles. The second kappa shape index (κ2) is 6.68. The van der Waals surface area contributed by atoms with E-state index >= 15 is 0 Å². The van der Waals surface area contributed by atoms with Gasteiger partial charge in [0.25, 0.3) is 5.56 Å². The molecule has 6 heteroatoms. The number of rotatable bonds is 3. The Morgan fingerprint density at radius 1 is 1.42 bits per heavy atom. The third-order valence-electron chi connectivity index (χ3n) is 4.90. The predicted octanol–water partition coefficient (Wildman–Crippen LogP) is 3.53. The number of nitrogens with one attached hydrogen (secondary N) is 1. The summed E-state index contributed by atoms with van der Waals surface area (Å²) in [5, 5.41) is 3.56. The zero-order valence-corrected chi connectivity index (χ0v) is 15.7. The van der Waals surface area contributed by atoms with Gasteiger partial charge < -0.3 is 5.32 Å². The minimum Gasteiger partial charge on any atom is -0.325 e. The Bertz CT molecular complexity index is 1050. The maximum Gasteiger partial charge on any atom is 0.262 e. The summed E-state index contributed by atoms with van der Waals surface area (Å²) in [7, 11) is 0. The summed E-state index contributed by atoms with van der Waals surface area (Å²) >= 11 is 1.62. The fourth-order valence-corrected chi connectivity index (χ4v) is 4.90. The number of benzene rings is 1. The first-order valence-electron chi connectivity index (χ1n) is 8.87. The zero-order chi connectivity index (χ0) is 18.3. The number of aromatic nitrogens is 2. The van der Waals surface area contributed by atoms with Gasteiger partial charge in [0.2, 0.25) is 5.91 Å². The van der Waals surface area contributed by atoms with Crippen LogP contribution in [0.4, 0.5) is 5.69 Å². The van der Waals surface area contributed by atoms with Gasteiger partial charge in [0.15, 0.2) is 0 Å². The Morgan fingerprint density at radius 2 is 2.27 bits per heavy atom. The molecular formula is C20H21N3O2S. The summed E-state index contributed by atoms with van der Waals surface area (Å²) in [5.41, 5.74) is 2.84. The van der Waals surface area contributed by atoms with Crippen molar-refractivity contribution in [2.75, 3.05) is 5.32 Å². The van der Waals surface area contributed by atoms with Gasteiger partial charge in [-0.15, -0.1) is 11.3 Å². The van der Waals surface area contributed by atoms with Crippen molar-refractivity contribution < 1.29 is 4.79 Å².